The number of unbranched alkanes of at least 4 members (excludes halogenated alkanes) is 6. The van der Waals surface area contributed by atoms with Crippen LogP contribution in [0.25, 0.3) is 11.1 Å². The van der Waals surface area contributed by atoms with E-state index in [1.54, 1.807) is 12.1 Å². The topological polar surface area (TPSA) is 35.5 Å². The SMILES string of the molecule is C=CCCCCCCCCOc1ccc(OC(=O)c2ccc(-c3ccc(CC[C@@H](C)CC)cc3)cc2)cc1. The van der Waals surface area contributed by atoms with Gasteiger partial charge in [0.25, 0.3) is 0 Å². The predicted molar refractivity (Wildman–Crippen MR) is 159 cm³/mol. The zero-order valence-electron chi connectivity index (χ0n) is 23.3. The Morgan fingerprint density at radius 1 is 0.789 bits per heavy atom. The van der Waals surface area contributed by atoms with Crippen molar-refractivity contribution >= 4 is 5.97 Å². The number of hydrogen-bond donors (Lipinski definition) is 0. The van der Waals surface area contributed by atoms with Crippen LogP contribution in [-0.2, 0) is 6.42 Å². The third kappa shape index (κ3) is 10.2. The van der Waals surface area contributed by atoms with Gasteiger partial charge in [0.15, 0.2) is 0 Å². The highest BCUT2D eigenvalue weighted by Gasteiger charge is 2.10. The molecule has 0 unspecified atom stereocenters. The number of allylic oxidation sites excluding steroid dienone is 1. The molecule has 0 saturated heterocycles. The second kappa shape index (κ2) is 16.5. The summed E-state index contributed by atoms with van der Waals surface area (Å²) in [5, 5.41) is 0. The number of aryl methyl sites for hydroxylation is 1. The molecule has 0 fully saturated rings. The fraction of sp³-hybridized carbons (Fsp3) is 0.400. The highest BCUT2D eigenvalue weighted by Crippen LogP contribution is 2.23. The molecule has 3 aromatic carbocycles. The Labute approximate surface area is 229 Å². The van der Waals surface area contributed by atoms with Gasteiger partial charge in [0.05, 0.1) is 12.2 Å². The first kappa shape index (κ1) is 29.2. The first-order valence-corrected chi connectivity index (χ1v) is 14.3. The van der Waals surface area contributed by atoms with Crippen molar-refractivity contribution in [3.8, 4) is 22.6 Å². The molecule has 202 valence electrons. The molecule has 0 amide bonds. The van der Waals surface area contributed by atoms with Crippen LogP contribution < -0.4 is 9.47 Å². The van der Waals surface area contributed by atoms with Crippen molar-refractivity contribution < 1.29 is 14.3 Å². The van der Waals surface area contributed by atoms with Gasteiger partial charge in [-0.1, -0.05) is 88.4 Å². The first-order chi connectivity index (χ1) is 18.6. The Bertz CT molecular complexity index is 1080. The van der Waals surface area contributed by atoms with E-state index in [1.165, 1.54) is 50.5 Å². The van der Waals surface area contributed by atoms with Crippen LogP contribution >= 0.6 is 0 Å². The molecule has 3 aromatic rings. The molecule has 0 saturated carbocycles. The lowest BCUT2D eigenvalue weighted by atomic mass is 9.97. The van der Waals surface area contributed by atoms with E-state index in [0.717, 1.165) is 42.1 Å². The molecule has 3 heteroatoms. The average molecular weight is 513 g/mol. The molecular formula is C35H44O3. The zero-order valence-corrected chi connectivity index (χ0v) is 23.3. The third-order valence-electron chi connectivity index (χ3n) is 7.14. The Morgan fingerprint density at radius 3 is 2.00 bits per heavy atom. The monoisotopic (exact) mass is 512 g/mol. The summed E-state index contributed by atoms with van der Waals surface area (Å²) in [6.07, 6.45) is 14.0. The molecule has 0 radical (unpaired) electrons. The van der Waals surface area contributed by atoms with Crippen LogP contribution in [0.3, 0.4) is 0 Å². The van der Waals surface area contributed by atoms with Crippen molar-refractivity contribution in [2.45, 2.75) is 78.1 Å². The fourth-order valence-corrected chi connectivity index (χ4v) is 4.34. The maximum atomic E-state index is 12.6. The van der Waals surface area contributed by atoms with Crippen LogP contribution in [0.15, 0.2) is 85.5 Å². The van der Waals surface area contributed by atoms with Gasteiger partial charge in [-0.25, -0.2) is 4.79 Å². The molecular weight excluding hydrogens is 468 g/mol. The van der Waals surface area contributed by atoms with Crippen molar-refractivity contribution in [2.75, 3.05) is 6.61 Å². The van der Waals surface area contributed by atoms with E-state index in [-0.39, 0.29) is 5.97 Å². The van der Waals surface area contributed by atoms with Crippen molar-refractivity contribution in [2.24, 2.45) is 5.92 Å². The lowest BCUT2D eigenvalue weighted by molar-refractivity contribution is 0.0734. The summed E-state index contributed by atoms with van der Waals surface area (Å²) in [5.74, 6) is 1.71. The number of esters is 1. The first-order valence-electron chi connectivity index (χ1n) is 14.3. The van der Waals surface area contributed by atoms with E-state index in [1.807, 2.05) is 42.5 Å². The van der Waals surface area contributed by atoms with Gasteiger partial charge in [-0.3, -0.25) is 0 Å². The molecule has 0 bridgehead atoms. The predicted octanol–water partition coefficient (Wildman–Crippen LogP) is 9.85. The molecule has 3 rings (SSSR count). The van der Waals surface area contributed by atoms with Crippen LogP contribution in [-0.4, -0.2) is 12.6 Å². The van der Waals surface area contributed by atoms with E-state index < -0.39 is 0 Å². The van der Waals surface area contributed by atoms with E-state index >= 15 is 0 Å². The van der Waals surface area contributed by atoms with Gasteiger partial charge in [0.1, 0.15) is 11.5 Å². The standard InChI is InChI=1S/C35H44O3/c1-4-6-7-8-9-10-11-12-27-37-33-23-25-34(26-24-33)38-35(36)32-21-19-31(20-22-32)30-17-15-29(16-18-30)14-13-28(3)5-2/h4,15-26,28H,1,5-14,27H2,2-3H3/t28-/m0/s1. The summed E-state index contributed by atoms with van der Waals surface area (Å²) in [6, 6.07) is 23.6. The lowest BCUT2D eigenvalue weighted by Crippen LogP contribution is -2.08. The Morgan fingerprint density at radius 2 is 1.37 bits per heavy atom. The number of carbonyl (C=O) groups is 1. The van der Waals surface area contributed by atoms with E-state index in [0.29, 0.717) is 17.9 Å². The van der Waals surface area contributed by atoms with E-state index in [2.05, 4.69) is 44.7 Å². The van der Waals surface area contributed by atoms with Crippen LogP contribution in [0.2, 0.25) is 0 Å². The molecule has 0 aromatic heterocycles. The summed E-state index contributed by atoms with van der Waals surface area (Å²) in [6.45, 7) is 9.02. The minimum atomic E-state index is -0.362. The molecule has 0 heterocycles. The van der Waals surface area contributed by atoms with Gasteiger partial charge < -0.3 is 9.47 Å². The van der Waals surface area contributed by atoms with Crippen molar-refractivity contribution in [1.29, 1.82) is 0 Å². The minimum Gasteiger partial charge on any atom is -0.494 e. The average Bonchev–Trinajstić information content (AvgIpc) is 2.96. The number of benzene rings is 3. The van der Waals surface area contributed by atoms with Gasteiger partial charge in [-0.2, -0.15) is 0 Å². The summed E-state index contributed by atoms with van der Waals surface area (Å²) < 4.78 is 11.4. The smallest absolute Gasteiger partial charge is 0.343 e. The molecule has 0 aliphatic heterocycles. The van der Waals surface area contributed by atoms with Crippen LogP contribution in [0.5, 0.6) is 11.5 Å². The summed E-state index contributed by atoms with van der Waals surface area (Å²) in [5.41, 5.74) is 4.14. The summed E-state index contributed by atoms with van der Waals surface area (Å²) in [7, 11) is 0. The van der Waals surface area contributed by atoms with Gasteiger partial charge in [-0.05, 0) is 91.1 Å². The maximum Gasteiger partial charge on any atom is 0.343 e. The summed E-state index contributed by atoms with van der Waals surface area (Å²) >= 11 is 0. The van der Waals surface area contributed by atoms with Gasteiger partial charge in [0.2, 0.25) is 0 Å². The van der Waals surface area contributed by atoms with Crippen LogP contribution in [0.1, 0.15) is 87.6 Å². The highest BCUT2D eigenvalue weighted by atomic mass is 16.5. The minimum absolute atomic E-state index is 0.362. The summed E-state index contributed by atoms with van der Waals surface area (Å²) in [4.78, 5) is 12.6. The highest BCUT2D eigenvalue weighted by molar-refractivity contribution is 5.91. The largest absolute Gasteiger partial charge is 0.494 e. The molecule has 3 nitrogen and oxygen atoms in total. The fourth-order valence-electron chi connectivity index (χ4n) is 4.34. The third-order valence-corrected chi connectivity index (χ3v) is 7.14. The zero-order chi connectivity index (χ0) is 27.0. The lowest BCUT2D eigenvalue weighted by Gasteiger charge is -2.09. The second-order valence-electron chi connectivity index (χ2n) is 10.2. The molecule has 38 heavy (non-hydrogen) atoms. The maximum absolute atomic E-state index is 12.6. The Balaban J connectivity index is 1.40. The van der Waals surface area contributed by atoms with Crippen molar-refractivity contribution in [3.05, 3.63) is 96.6 Å². The Kier molecular flexibility index (Phi) is 12.7. The number of carbonyl (C=O) groups excluding carboxylic acids is 1. The van der Waals surface area contributed by atoms with Crippen molar-refractivity contribution in [3.63, 3.8) is 0 Å². The quantitative estimate of drug-likeness (QED) is 0.0781. The Hall–Kier alpha value is -3.33. The molecule has 0 spiro atoms. The molecule has 0 aliphatic carbocycles. The van der Waals surface area contributed by atoms with E-state index in [9.17, 15) is 4.79 Å². The number of ether oxygens (including phenoxy) is 2. The van der Waals surface area contributed by atoms with Gasteiger partial charge in [0, 0.05) is 0 Å². The van der Waals surface area contributed by atoms with Crippen molar-refractivity contribution in [1.82, 2.24) is 0 Å². The van der Waals surface area contributed by atoms with Gasteiger partial charge in [-0.15, -0.1) is 6.58 Å². The second-order valence-corrected chi connectivity index (χ2v) is 10.2. The molecule has 0 aliphatic rings. The van der Waals surface area contributed by atoms with E-state index in [4.69, 9.17) is 9.47 Å². The molecule has 1 atom stereocenters. The number of rotatable bonds is 17. The normalized spacial score (nSPS) is 11.6. The van der Waals surface area contributed by atoms with Crippen LogP contribution in [0.4, 0.5) is 0 Å². The van der Waals surface area contributed by atoms with Gasteiger partial charge >= 0.3 is 5.97 Å². The molecule has 0 N–H and O–H groups in total. The van der Waals surface area contributed by atoms with Crippen LogP contribution in [0, 0.1) is 5.92 Å². The number of hydrogen-bond acceptors (Lipinski definition) is 3.